The van der Waals surface area contributed by atoms with Crippen molar-refractivity contribution in [2.45, 2.75) is 32.7 Å². The van der Waals surface area contributed by atoms with E-state index in [4.69, 9.17) is 10.6 Å². The smallest absolute Gasteiger partial charge is 0.251 e. The molecule has 6 nitrogen and oxygen atoms in total. The lowest BCUT2D eigenvalue weighted by atomic mass is 10.1. The fraction of sp³-hybridized carbons (Fsp3) is 0.538. The van der Waals surface area contributed by atoms with E-state index in [1.54, 1.807) is 19.2 Å². The van der Waals surface area contributed by atoms with Gasteiger partial charge in [0.05, 0.1) is 12.1 Å². The lowest BCUT2D eigenvalue weighted by molar-refractivity contribution is 0.0820. The molecule has 106 valence electrons. The number of nitrogen functional groups attached to an aromatic ring is 1. The molecular weight excluding hydrogens is 244 g/mol. The molecule has 0 aliphatic carbocycles. The highest BCUT2D eigenvalue weighted by atomic mass is 16.5. The Morgan fingerprint density at radius 3 is 2.68 bits per heavy atom. The molecule has 0 saturated carbocycles. The van der Waals surface area contributed by atoms with E-state index in [1.165, 1.54) is 0 Å². The van der Waals surface area contributed by atoms with Crippen LogP contribution in [-0.4, -0.2) is 30.1 Å². The van der Waals surface area contributed by atoms with Gasteiger partial charge in [0.25, 0.3) is 5.91 Å². The van der Waals surface area contributed by atoms with Gasteiger partial charge in [0, 0.05) is 18.4 Å². The van der Waals surface area contributed by atoms with Gasteiger partial charge in [0.2, 0.25) is 0 Å². The first-order valence-electron chi connectivity index (χ1n) is 6.21. The quantitative estimate of drug-likeness (QED) is 0.529. The average molecular weight is 266 g/mol. The van der Waals surface area contributed by atoms with Gasteiger partial charge in [0.15, 0.2) is 0 Å². The van der Waals surface area contributed by atoms with Crippen LogP contribution in [-0.2, 0) is 11.2 Å². The van der Waals surface area contributed by atoms with Gasteiger partial charge in [-0.05, 0) is 32.4 Å². The van der Waals surface area contributed by atoms with E-state index in [1.807, 2.05) is 20.8 Å². The average Bonchev–Trinajstić information content (AvgIpc) is 2.37. The molecule has 0 aromatic carbocycles. The van der Waals surface area contributed by atoms with E-state index in [9.17, 15) is 4.79 Å². The molecule has 0 aliphatic heterocycles. The Morgan fingerprint density at radius 1 is 1.47 bits per heavy atom. The zero-order valence-electron chi connectivity index (χ0n) is 11.9. The van der Waals surface area contributed by atoms with Crippen molar-refractivity contribution in [2.24, 2.45) is 5.84 Å². The van der Waals surface area contributed by atoms with Crippen LogP contribution in [0.5, 0.6) is 0 Å². The Balaban J connectivity index is 2.93. The number of hydrazine groups is 1. The van der Waals surface area contributed by atoms with E-state index in [2.05, 4.69) is 15.7 Å². The van der Waals surface area contributed by atoms with E-state index in [0.29, 0.717) is 18.0 Å². The van der Waals surface area contributed by atoms with Crippen molar-refractivity contribution in [3.05, 3.63) is 23.4 Å². The Labute approximate surface area is 113 Å². The highest BCUT2D eigenvalue weighted by Gasteiger charge is 2.21. The number of methoxy groups -OCH3 is 1. The Morgan fingerprint density at radius 2 is 2.16 bits per heavy atom. The number of aryl methyl sites for hydroxylation is 1. The van der Waals surface area contributed by atoms with Crippen molar-refractivity contribution < 1.29 is 9.53 Å². The molecule has 1 aromatic rings. The maximum atomic E-state index is 12.2. The zero-order valence-corrected chi connectivity index (χ0v) is 11.9. The molecule has 0 radical (unpaired) electrons. The molecule has 19 heavy (non-hydrogen) atoms. The first-order chi connectivity index (χ1) is 8.91. The number of carbonyl (C=O) groups excluding carboxylic acids is 1. The summed E-state index contributed by atoms with van der Waals surface area (Å²) < 4.78 is 5.07. The summed E-state index contributed by atoms with van der Waals surface area (Å²) in [6.07, 6.45) is 0.733. The van der Waals surface area contributed by atoms with E-state index < -0.39 is 5.54 Å². The number of nitrogens with two attached hydrogens (primary N) is 1. The van der Waals surface area contributed by atoms with Crippen molar-refractivity contribution in [1.82, 2.24) is 10.3 Å². The second kappa shape index (κ2) is 6.49. The van der Waals surface area contributed by atoms with Crippen LogP contribution in [0.3, 0.4) is 0 Å². The van der Waals surface area contributed by atoms with Gasteiger partial charge in [-0.1, -0.05) is 6.92 Å². The third-order valence-electron chi connectivity index (χ3n) is 2.61. The molecule has 0 spiro atoms. The molecule has 6 heteroatoms. The third kappa shape index (κ3) is 4.50. The third-order valence-corrected chi connectivity index (χ3v) is 2.61. The van der Waals surface area contributed by atoms with Crippen molar-refractivity contribution in [1.29, 1.82) is 0 Å². The van der Waals surface area contributed by atoms with Crippen LogP contribution >= 0.6 is 0 Å². The van der Waals surface area contributed by atoms with Gasteiger partial charge in [-0.2, -0.15) is 0 Å². The minimum absolute atomic E-state index is 0.171. The number of nitrogens with one attached hydrogen (secondary N) is 2. The molecule has 0 atom stereocenters. The predicted molar refractivity (Wildman–Crippen MR) is 74.8 cm³/mol. The van der Waals surface area contributed by atoms with Crippen LogP contribution in [0.25, 0.3) is 0 Å². The number of aromatic nitrogens is 1. The fourth-order valence-corrected chi connectivity index (χ4v) is 1.75. The number of pyridine rings is 1. The van der Waals surface area contributed by atoms with Crippen LogP contribution in [0.4, 0.5) is 5.82 Å². The molecule has 1 amide bonds. The molecule has 0 fully saturated rings. The molecule has 4 N–H and O–H groups in total. The van der Waals surface area contributed by atoms with Crippen LogP contribution in [0.1, 0.15) is 36.8 Å². The highest BCUT2D eigenvalue weighted by Crippen LogP contribution is 2.12. The van der Waals surface area contributed by atoms with Gasteiger partial charge in [0.1, 0.15) is 5.82 Å². The summed E-state index contributed by atoms with van der Waals surface area (Å²) in [7, 11) is 1.60. The monoisotopic (exact) mass is 266 g/mol. The number of hydrogen-bond donors (Lipinski definition) is 3. The number of nitrogens with zero attached hydrogens (tertiary/aromatic N) is 1. The first kappa shape index (κ1) is 15.4. The van der Waals surface area contributed by atoms with E-state index in [0.717, 1.165) is 12.1 Å². The van der Waals surface area contributed by atoms with E-state index in [-0.39, 0.29) is 5.91 Å². The second-order valence-corrected chi connectivity index (χ2v) is 5.00. The van der Waals surface area contributed by atoms with Gasteiger partial charge >= 0.3 is 0 Å². The molecule has 0 unspecified atom stereocenters. The minimum Gasteiger partial charge on any atom is -0.382 e. The number of hydrogen-bond acceptors (Lipinski definition) is 5. The number of ether oxygens (including phenoxy) is 1. The molecule has 1 rings (SSSR count). The summed E-state index contributed by atoms with van der Waals surface area (Å²) in [6, 6.07) is 3.39. The molecule has 0 bridgehead atoms. The fourth-order valence-electron chi connectivity index (χ4n) is 1.75. The van der Waals surface area contributed by atoms with Crippen LogP contribution in [0.15, 0.2) is 12.1 Å². The minimum atomic E-state index is -0.433. The van der Waals surface area contributed by atoms with Crippen molar-refractivity contribution in [3.8, 4) is 0 Å². The first-order valence-corrected chi connectivity index (χ1v) is 6.21. The topological polar surface area (TPSA) is 89.3 Å². The lowest BCUT2D eigenvalue weighted by Crippen LogP contribution is -2.46. The van der Waals surface area contributed by atoms with Gasteiger partial charge in [-0.3, -0.25) is 4.79 Å². The van der Waals surface area contributed by atoms with Gasteiger partial charge in [-0.25, -0.2) is 10.8 Å². The molecule has 1 heterocycles. The van der Waals surface area contributed by atoms with Crippen LogP contribution in [0, 0.1) is 0 Å². The maximum absolute atomic E-state index is 12.2. The normalized spacial score (nSPS) is 11.2. The summed E-state index contributed by atoms with van der Waals surface area (Å²) in [6.45, 7) is 6.21. The van der Waals surface area contributed by atoms with Crippen molar-refractivity contribution >= 4 is 11.7 Å². The summed E-state index contributed by atoms with van der Waals surface area (Å²) in [5.41, 5.74) is 3.38. The number of amides is 1. The van der Waals surface area contributed by atoms with Crippen molar-refractivity contribution in [2.75, 3.05) is 19.1 Å². The standard InChI is InChI=1S/C13H22N4O2/c1-5-10-6-9(7-11(15-10)17-14)12(18)16-13(2,3)8-19-4/h6-7H,5,8,14H2,1-4H3,(H,15,17)(H,16,18). The number of carbonyl (C=O) groups is 1. The molecular formula is C13H22N4O2. The summed E-state index contributed by atoms with van der Waals surface area (Å²) in [4.78, 5) is 16.5. The summed E-state index contributed by atoms with van der Waals surface area (Å²) >= 11 is 0. The van der Waals surface area contributed by atoms with E-state index >= 15 is 0 Å². The number of rotatable bonds is 6. The molecule has 0 saturated heterocycles. The highest BCUT2D eigenvalue weighted by molar-refractivity contribution is 5.95. The zero-order chi connectivity index (χ0) is 14.5. The Hall–Kier alpha value is -1.66. The van der Waals surface area contributed by atoms with Crippen molar-refractivity contribution in [3.63, 3.8) is 0 Å². The van der Waals surface area contributed by atoms with Gasteiger partial charge < -0.3 is 15.5 Å². The molecule has 1 aromatic heterocycles. The lowest BCUT2D eigenvalue weighted by Gasteiger charge is -2.25. The summed E-state index contributed by atoms with van der Waals surface area (Å²) in [5, 5.41) is 2.92. The maximum Gasteiger partial charge on any atom is 0.251 e. The van der Waals surface area contributed by atoms with Crippen LogP contribution < -0.4 is 16.6 Å². The summed E-state index contributed by atoms with van der Waals surface area (Å²) in [5.74, 6) is 5.66. The molecule has 0 aliphatic rings. The van der Waals surface area contributed by atoms with Crippen LogP contribution in [0.2, 0.25) is 0 Å². The Bertz CT molecular complexity index is 424. The number of anilines is 1. The SMILES string of the molecule is CCc1cc(C(=O)NC(C)(C)COC)cc(NN)n1. The largest absolute Gasteiger partial charge is 0.382 e. The van der Waals surface area contributed by atoms with Gasteiger partial charge in [-0.15, -0.1) is 0 Å². The second-order valence-electron chi connectivity index (χ2n) is 5.00. The predicted octanol–water partition coefficient (Wildman–Crippen LogP) is 1.08. The Kier molecular flexibility index (Phi) is 5.26.